The van der Waals surface area contributed by atoms with Crippen LogP contribution in [-0.4, -0.2) is 83.0 Å². The summed E-state index contributed by atoms with van der Waals surface area (Å²) in [7, 11) is 0. The fraction of sp³-hybridized carbons (Fsp3) is 0.438. The zero-order valence-corrected chi connectivity index (χ0v) is 23.6. The first-order valence-electron chi connectivity index (χ1n) is 14.8. The Morgan fingerprint density at radius 1 is 1.00 bits per heavy atom. The van der Waals surface area contributed by atoms with Crippen LogP contribution in [0.1, 0.15) is 47.2 Å². The van der Waals surface area contributed by atoms with Gasteiger partial charge in [0.25, 0.3) is 5.91 Å². The van der Waals surface area contributed by atoms with Crippen molar-refractivity contribution in [2.24, 2.45) is 5.41 Å². The predicted molar refractivity (Wildman–Crippen MR) is 156 cm³/mol. The highest BCUT2D eigenvalue weighted by atomic mass is 16.5. The van der Waals surface area contributed by atoms with Gasteiger partial charge < -0.3 is 19.6 Å². The summed E-state index contributed by atoms with van der Waals surface area (Å²) in [5.41, 5.74) is 4.16. The topological polar surface area (TPSA) is 115 Å². The molecule has 6 heterocycles. The minimum Gasteiger partial charge on any atom is -0.508 e. The maximum atomic E-state index is 12.2. The van der Waals surface area contributed by atoms with Crippen LogP contribution < -0.4 is 10.2 Å². The molecule has 5 aliphatic heterocycles. The molecule has 42 heavy (non-hydrogen) atoms. The van der Waals surface area contributed by atoms with Gasteiger partial charge >= 0.3 is 0 Å². The first-order chi connectivity index (χ1) is 20.4. The van der Waals surface area contributed by atoms with E-state index >= 15 is 0 Å². The highest BCUT2D eigenvalue weighted by molar-refractivity contribution is 6.05. The van der Waals surface area contributed by atoms with E-state index in [0.717, 1.165) is 44.2 Å². The molecule has 0 aliphatic carbocycles. The van der Waals surface area contributed by atoms with Crippen LogP contribution in [0.4, 0.5) is 5.82 Å². The number of imide groups is 1. The van der Waals surface area contributed by atoms with Crippen LogP contribution in [-0.2, 0) is 27.4 Å². The van der Waals surface area contributed by atoms with Crippen LogP contribution in [0.2, 0.25) is 0 Å². The number of nitrogens with one attached hydrogen (secondary N) is 1. The van der Waals surface area contributed by atoms with E-state index in [9.17, 15) is 19.5 Å². The molecule has 1 unspecified atom stereocenters. The van der Waals surface area contributed by atoms with Crippen molar-refractivity contribution in [2.75, 3.05) is 44.3 Å². The van der Waals surface area contributed by atoms with Crippen LogP contribution in [0.3, 0.4) is 0 Å². The molecular formula is C32H35N5O5. The number of ether oxygens (including phenoxy) is 1. The monoisotopic (exact) mass is 569 g/mol. The van der Waals surface area contributed by atoms with E-state index in [1.807, 2.05) is 0 Å². The standard InChI is InChI=1S/C19H23N3O.C13H12N2O4/c1-2-8-21(7-1)10-15-3-5-17-16(9-15)4-6-18(20-17)22-11-19(12-22)13-23-14-19;16-8-1-2-9-7(5-8)6-15(13(9)19)10-3-4-11(17)14-12(10)18/h3-6,9H,1-2,7-8,10-14H2;1-2,5,10,16H,3-4,6H2,(H,14,17,18). The summed E-state index contributed by atoms with van der Waals surface area (Å²) in [4.78, 5) is 46.3. The molecule has 4 fully saturated rings. The molecule has 1 atom stereocenters. The summed E-state index contributed by atoms with van der Waals surface area (Å²) in [6.07, 6.45) is 3.28. The lowest BCUT2D eigenvalue weighted by Crippen LogP contribution is -2.66. The van der Waals surface area contributed by atoms with Gasteiger partial charge in [0.1, 0.15) is 17.6 Å². The Bertz CT molecular complexity index is 1560. The minimum absolute atomic E-state index is 0.0941. The molecular weight excluding hydrogens is 534 g/mol. The molecule has 10 heteroatoms. The molecule has 1 aromatic heterocycles. The number of pyridine rings is 1. The average Bonchev–Trinajstić information content (AvgIpc) is 3.55. The van der Waals surface area contributed by atoms with Gasteiger partial charge in [-0.25, -0.2) is 4.98 Å². The number of aromatic nitrogens is 1. The number of amides is 3. The zero-order valence-electron chi connectivity index (χ0n) is 23.6. The van der Waals surface area contributed by atoms with Gasteiger partial charge in [0.2, 0.25) is 11.8 Å². The number of likely N-dealkylation sites (tertiary alicyclic amines) is 1. The summed E-state index contributed by atoms with van der Waals surface area (Å²) in [6.45, 7) is 7.90. The molecule has 10 nitrogen and oxygen atoms in total. The van der Waals surface area contributed by atoms with E-state index in [4.69, 9.17) is 9.72 Å². The van der Waals surface area contributed by atoms with Crippen molar-refractivity contribution in [1.29, 1.82) is 0 Å². The van der Waals surface area contributed by atoms with E-state index in [0.29, 0.717) is 23.0 Å². The Kier molecular flexibility index (Phi) is 6.82. The molecule has 0 radical (unpaired) electrons. The van der Waals surface area contributed by atoms with Crippen molar-refractivity contribution in [1.82, 2.24) is 20.1 Å². The lowest BCUT2D eigenvalue weighted by molar-refractivity contribution is -0.136. The quantitative estimate of drug-likeness (QED) is 0.461. The predicted octanol–water partition coefficient (Wildman–Crippen LogP) is 2.82. The number of anilines is 1. The zero-order chi connectivity index (χ0) is 28.8. The van der Waals surface area contributed by atoms with Gasteiger partial charge in [-0.3, -0.25) is 24.6 Å². The van der Waals surface area contributed by atoms with Crippen LogP contribution in [0.5, 0.6) is 5.75 Å². The van der Waals surface area contributed by atoms with Gasteiger partial charge in [0.05, 0.1) is 24.1 Å². The third-order valence-corrected chi connectivity index (χ3v) is 9.04. The number of fused-ring (bicyclic) bond motifs is 2. The van der Waals surface area contributed by atoms with E-state index in [-0.39, 0.29) is 30.5 Å². The highest BCUT2D eigenvalue weighted by Crippen LogP contribution is 2.40. The fourth-order valence-corrected chi connectivity index (χ4v) is 6.70. The first-order valence-corrected chi connectivity index (χ1v) is 14.8. The third kappa shape index (κ3) is 5.09. The Morgan fingerprint density at radius 2 is 1.81 bits per heavy atom. The first kappa shape index (κ1) is 26.9. The van der Waals surface area contributed by atoms with Gasteiger partial charge in [-0.05, 0) is 85.9 Å². The number of benzene rings is 2. The normalized spacial score (nSPS) is 22.9. The van der Waals surface area contributed by atoms with Crippen LogP contribution >= 0.6 is 0 Å². The molecule has 8 rings (SSSR count). The average molecular weight is 570 g/mol. The van der Waals surface area contributed by atoms with Crippen LogP contribution in [0, 0.1) is 5.41 Å². The third-order valence-electron chi connectivity index (χ3n) is 9.04. The van der Waals surface area contributed by atoms with Crippen molar-refractivity contribution in [3.05, 3.63) is 65.2 Å². The van der Waals surface area contributed by atoms with Gasteiger partial charge in [-0.1, -0.05) is 6.07 Å². The second-order valence-corrected chi connectivity index (χ2v) is 12.3. The van der Waals surface area contributed by atoms with Gasteiger partial charge in [0.15, 0.2) is 0 Å². The maximum Gasteiger partial charge on any atom is 0.255 e. The maximum absolute atomic E-state index is 12.2. The number of carbonyl (C=O) groups excluding carboxylic acids is 3. The molecule has 3 amide bonds. The lowest BCUT2D eigenvalue weighted by Gasteiger charge is -2.55. The summed E-state index contributed by atoms with van der Waals surface area (Å²) in [6, 6.07) is 15.1. The van der Waals surface area contributed by atoms with Crippen LogP contribution in [0.25, 0.3) is 10.9 Å². The number of hydrogen-bond donors (Lipinski definition) is 2. The van der Waals surface area contributed by atoms with Gasteiger partial charge in [0, 0.05) is 43.5 Å². The van der Waals surface area contributed by atoms with Gasteiger partial charge in [-0.15, -0.1) is 0 Å². The van der Waals surface area contributed by atoms with Crippen molar-refractivity contribution < 1.29 is 24.2 Å². The minimum atomic E-state index is -0.611. The Hall–Kier alpha value is -4.02. The smallest absolute Gasteiger partial charge is 0.255 e. The molecule has 0 saturated carbocycles. The number of piperidine rings is 1. The molecule has 0 bridgehead atoms. The van der Waals surface area contributed by atoms with Crippen molar-refractivity contribution in [3.63, 3.8) is 0 Å². The number of carbonyl (C=O) groups is 3. The Balaban J connectivity index is 0.000000140. The summed E-state index contributed by atoms with van der Waals surface area (Å²) >= 11 is 0. The molecule has 4 saturated heterocycles. The molecule has 1 spiro atoms. The number of aromatic hydroxyl groups is 1. The lowest BCUT2D eigenvalue weighted by atomic mass is 9.78. The summed E-state index contributed by atoms with van der Waals surface area (Å²) in [5, 5.41) is 12.9. The van der Waals surface area contributed by atoms with Gasteiger partial charge in [-0.2, -0.15) is 0 Å². The summed E-state index contributed by atoms with van der Waals surface area (Å²) < 4.78 is 5.35. The number of phenolic OH excluding ortho intramolecular Hbond substituents is 1. The molecule has 2 N–H and O–H groups in total. The molecule has 3 aromatic rings. The van der Waals surface area contributed by atoms with E-state index in [1.54, 1.807) is 6.07 Å². The van der Waals surface area contributed by atoms with Crippen LogP contribution in [0.15, 0.2) is 48.5 Å². The molecule has 2 aromatic carbocycles. The number of phenols is 1. The Morgan fingerprint density at radius 3 is 2.55 bits per heavy atom. The van der Waals surface area contributed by atoms with Crippen molar-refractivity contribution >= 4 is 34.4 Å². The summed E-state index contributed by atoms with van der Waals surface area (Å²) in [5.74, 6) is 0.244. The number of rotatable bonds is 4. The molecule has 218 valence electrons. The fourth-order valence-electron chi connectivity index (χ4n) is 6.70. The molecule has 5 aliphatic rings. The SMILES string of the molecule is O=C1CCC(N2Cc3cc(O)ccc3C2=O)C(=O)N1.c1cc2nc(N3CC4(COC4)C3)ccc2cc1CN1CCCC1. The van der Waals surface area contributed by atoms with E-state index < -0.39 is 11.9 Å². The van der Waals surface area contributed by atoms with Crippen molar-refractivity contribution in [3.8, 4) is 5.75 Å². The largest absolute Gasteiger partial charge is 0.508 e. The number of nitrogens with zero attached hydrogens (tertiary/aromatic N) is 4. The van der Waals surface area contributed by atoms with Crippen molar-refractivity contribution in [2.45, 2.75) is 44.8 Å². The van der Waals surface area contributed by atoms with E-state index in [2.05, 4.69) is 45.4 Å². The van der Waals surface area contributed by atoms with E-state index in [1.165, 1.54) is 53.9 Å². The number of hydrogen-bond acceptors (Lipinski definition) is 8. The Labute approximate surface area is 244 Å². The second-order valence-electron chi connectivity index (χ2n) is 12.3. The second kappa shape index (κ2) is 10.7. The highest BCUT2D eigenvalue weighted by Gasteiger charge is 2.49.